The first-order valence-electron chi connectivity index (χ1n) is 13.4. The van der Waals surface area contributed by atoms with Gasteiger partial charge in [-0.15, -0.1) is 0 Å². The van der Waals surface area contributed by atoms with Gasteiger partial charge < -0.3 is 0 Å². The van der Waals surface area contributed by atoms with Gasteiger partial charge in [0, 0.05) is 24.1 Å². The van der Waals surface area contributed by atoms with Crippen molar-refractivity contribution in [3.05, 3.63) is 86.9 Å². The molecule has 0 saturated heterocycles. The summed E-state index contributed by atoms with van der Waals surface area (Å²) in [5, 5.41) is 7.82. The summed E-state index contributed by atoms with van der Waals surface area (Å²) in [5.74, 6) is 0. The number of nitrogens with zero attached hydrogens (tertiary/aromatic N) is 1. The van der Waals surface area contributed by atoms with E-state index in [0.717, 1.165) is 6.08 Å². The van der Waals surface area contributed by atoms with Gasteiger partial charge in [-0.2, -0.15) is 26.3 Å². The van der Waals surface area contributed by atoms with Crippen LogP contribution in [0.1, 0.15) is 62.1 Å². The van der Waals surface area contributed by atoms with Crippen LogP contribution in [0.25, 0.3) is 11.6 Å². The highest BCUT2D eigenvalue weighted by atomic mass is 32.2. The first-order chi connectivity index (χ1) is 19.9. The zero-order chi connectivity index (χ0) is 32.2. The first-order valence-corrected chi connectivity index (χ1v) is 16.3. The van der Waals surface area contributed by atoms with Crippen molar-refractivity contribution >= 4 is 37.0 Å². The Morgan fingerprint density at radius 1 is 0.744 bits per heavy atom. The minimum absolute atomic E-state index is 0.153. The fourth-order valence-corrected chi connectivity index (χ4v) is 6.97. The van der Waals surface area contributed by atoms with Crippen LogP contribution in [0.5, 0.6) is 0 Å². The number of sulfone groups is 2. The number of halogens is 6. The highest BCUT2D eigenvalue weighted by Gasteiger charge is 2.57. The largest absolute Gasteiger partial charge is 0.502 e. The minimum Gasteiger partial charge on any atom is -0.299 e. The summed E-state index contributed by atoms with van der Waals surface area (Å²) in [6.07, 6.45) is 13.9. The quantitative estimate of drug-likeness (QED) is 0.176. The molecular formula is C29H31F6N2O4S2+. The van der Waals surface area contributed by atoms with Gasteiger partial charge >= 0.3 is 11.0 Å². The van der Waals surface area contributed by atoms with Crippen LogP contribution in [0.3, 0.4) is 0 Å². The maximum atomic E-state index is 13.0. The summed E-state index contributed by atoms with van der Waals surface area (Å²) in [6, 6.07) is 10.0. The topological polar surface area (TPSA) is 96.0 Å². The number of hydrogen-bond acceptors (Lipinski definition) is 5. The van der Waals surface area contributed by atoms with E-state index in [2.05, 4.69) is 42.9 Å². The van der Waals surface area contributed by atoms with E-state index in [-0.39, 0.29) is 22.8 Å². The number of unbranched alkanes of at least 4 members (excludes halogenated alkanes) is 5. The molecule has 2 aliphatic rings. The molecule has 0 radical (unpaired) electrons. The highest BCUT2D eigenvalue weighted by Crippen LogP contribution is 2.47. The molecule has 14 heteroatoms. The number of alkyl halides is 6. The first kappa shape index (κ1) is 34.2. The summed E-state index contributed by atoms with van der Waals surface area (Å²) < 4.78 is 128. The van der Waals surface area contributed by atoms with Crippen molar-refractivity contribution in [2.75, 3.05) is 0 Å². The second kappa shape index (κ2) is 13.2. The van der Waals surface area contributed by atoms with Crippen LogP contribution in [0.2, 0.25) is 0 Å². The van der Waals surface area contributed by atoms with Gasteiger partial charge in [-0.05, 0) is 47.8 Å². The monoisotopic (exact) mass is 649 g/mol. The smallest absolute Gasteiger partial charge is 0.299 e. The maximum absolute atomic E-state index is 13.0. The summed E-state index contributed by atoms with van der Waals surface area (Å²) >= 11 is 0. The van der Waals surface area contributed by atoms with E-state index in [0.29, 0.717) is 0 Å². The molecule has 0 bridgehead atoms. The Balaban J connectivity index is 0.000000285. The second-order valence-corrected chi connectivity index (χ2v) is 13.8. The van der Waals surface area contributed by atoms with Gasteiger partial charge in [-0.1, -0.05) is 56.9 Å². The number of rotatable bonds is 9. The zero-order valence-electron chi connectivity index (χ0n) is 23.4. The Morgan fingerprint density at radius 2 is 1.30 bits per heavy atom. The predicted molar refractivity (Wildman–Crippen MR) is 152 cm³/mol. The van der Waals surface area contributed by atoms with Crippen molar-refractivity contribution in [2.24, 2.45) is 0 Å². The lowest BCUT2D eigenvalue weighted by atomic mass is 9.95. The fraction of sp³-hybridized carbons (Fsp3) is 0.379. The van der Waals surface area contributed by atoms with Crippen LogP contribution >= 0.6 is 0 Å². The molecule has 1 aromatic heterocycles. The number of benzene rings is 1. The molecule has 0 aliphatic heterocycles. The molecule has 2 aromatic rings. The van der Waals surface area contributed by atoms with Gasteiger partial charge in [0.15, 0.2) is 12.4 Å². The van der Waals surface area contributed by atoms with Crippen molar-refractivity contribution in [3.63, 3.8) is 0 Å². The molecule has 6 nitrogen and oxygen atoms in total. The van der Waals surface area contributed by atoms with Crippen molar-refractivity contribution < 1.29 is 47.7 Å². The van der Waals surface area contributed by atoms with Gasteiger partial charge in [0.05, 0.1) is 10.6 Å². The Hall–Kier alpha value is -3.26. The van der Waals surface area contributed by atoms with Crippen LogP contribution in [0.15, 0.2) is 70.3 Å². The Kier molecular flexibility index (Phi) is 10.5. The van der Waals surface area contributed by atoms with E-state index >= 15 is 0 Å². The predicted octanol–water partition coefficient (Wildman–Crippen LogP) is 7.22. The van der Waals surface area contributed by atoms with Gasteiger partial charge in [0.25, 0.3) is 19.7 Å². The number of fused-ring (bicyclic) bond motifs is 3. The van der Waals surface area contributed by atoms with Crippen LogP contribution in [0, 0.1) is 12.3 Å². The fourth-order valence-electron chi connectivity index (χ4n) is 4.51. The Bertz CT molecular complexity index is 1670. The highest BCUT2D eigenvalue weighted by molar-refractivity contribution is 8.00. The molecule has 4 rings (SSSR count). The zero-order valence-corrected chi connectivity index (χ0v) is 25.0. The van der Waals surface area contributed by atoms with Crippen LogP contribution in [-0.4, -0.2) is 33.6 Å². The number of hydrogen-bond donors (Lipinski definition) is 1. The standard InChI is InChI=1S/C15H7F6NO4S2.C14H24N/c16-14(17,18)27(23,24)11-6-9-8-4-2-1-3-7(8)5-10(9)12(22)13(11)28(25,26)15(19,20)21;1-3-4-5-6-7-8-11-15-12-9-14(2)10-13-15/h1-6,22H;9-10,12-13H,3-8,11H2,1-2H3/q;+1. The third kappa shape index (κ3) is 7.46. The molecule has 0 atom stereocenters. The van der Waals surface area contributed by atoms with Crippen molar-refractivity contribution in [1.29, 1.82) is 5.41 Å². The number of aromatic nitrogens is 1. The average molecular weight is 650 g/mol. The maximum Gasteiger partial charge on any atom is 0.502 e. The minimum atomic E-state index is -6.58. The lowest BCUT2D eigenvalue weighted by Gasteiger charge is -2.23. The third-order valence-electron chi connectivity index (χ3n) is 6.83. The van der Waals surface area contributed by atoms with Crippen LogP contribution in [-0.2, 0) is 26.2 Å². The number of nitrogens with one attached hydrogen (secondary N) is 1. The molecule has 0 saturated carbocycles. The molecule has 1 heterocycles. The van der Waals surface area contributed by atoms with Crippen molar-refractivity contribution in [2.45, 2.75) is 69.9 Å². The molecule has 1 aromatic carbocycles. The van der Waals surface area contributed by atoms with Crippen LogP contribution in [0.4, 0.5) is 26.3 Å². The van der Waals surface area contributed by atoms with Crippen molar-refractivity contribution in [1.82, 2.24) is 0 Å². The average Bonchev–Trinajstić information content (AvgIpc) is 3.30. The van der Waals surface area contributed by atoms with Gasteiger partial charge in [0.2, 0.25) is 0 Å². The van der Waals surface area contributed by atoms with E-state index in [1.54, 1.807) is 0 Å². The molecule has 0 fully saturated rings. The van der Waals surface area contributed by atoms with E-state index < -0.39 is 51.8 Å². The van der Waals surface area contributed by atoms with Crippen LogP contribution < -0.4 is 4.57 Å². The van der Waals surface area contributed by atoms with Gasteiger partial charge in [-0.3, -0.25) is 5.41 Å². The molecule has 2 aliphatic carbocycles. The number of aryl methyl sites for hydroxylation is 2. The summed E-state index contributed by atoms with van der Waals surface area (Å²) in [6.45, 7) is 5.57. The Morgan fingerprint density at radius 3 is 1.88 bits per heavy atom. The van der Waals surface area contributed by atoms with E-state index in [1.807, 2.05) is 0 Å². The lowest BCUT2D eigenvalue weighted by molar-refractivity contribution is -0.697. The van der Waals surface area contributed by atoms with Crippen molar-refractivity contribution in [3.8, 4) is 0 Å². The molecule has 1 N–H and O–H groups in total. The number of pyridine rings is 1. The summed E-state index contributed by atoms with van der Waals surface area (Å²) in [4.78, 5) is -4.38. The van der Waals surface area contributed by atoms with E-state index in [9.17, 15) is 43.2 Å². The summed E-state index contributed by atoms with van der Waals surface area (Å²) in [7, 11) is -13.1. The lowest BCUT2D eigenvalue weighted by Crippen LogP contribution is -2.35. The molecular weight excluding hydrogens is 618 g/mol. The molecule has 234 valence electrons. The third-order valence-corrected chi connectivity index (χ3v) is 10.0. The molecule has 0 spiro atoms. The van der Waals surface area contributed by atoms with Gasteiger partial charge in [-0.25, -0.2) is 21.4 Å². The SMILES string of the molecule is CCCCCCCC[n+]1ccc(C)cc1.N=C1C2=Cc3ccccc3C2=CC(S(=O)(=O)C(F)(F)F)=C1S(=O)(=O)C(F)(F)F. The molecule has 0 unspecified atom stereocenters. The van der Waals surface area contributed by atoms with E-state index in [1.165, 1.54) is 74.9 Å². The Labute approximate surface area is 246 Å². The normalized spacial score (nSPS) is 15.3. The molecule has 43 heavy (non-hydrogen) atoms. The van der Waals surface area contributed by atoms with E-state index in [4.69, 9.17) is 5.41 Å². The second-order valence-electron chi connectivity index (χ2n) is 10.1. The number of allylic oxidation sites excluding steroid dienone is 4. The van der Waals surface area contributed by atoms with Gasteiger partial charge in [0.1, 0.15) is 11.4 Å². The molecule has 0 amide bonds. The summed E-state index contributed by atoms with van der Waals surface area (Å²) in [5.41, 5.74) is -12.6.